The van der Waals surface area contributed by atoms with Crippen molar-refractivity contribution in [1.29, 1.82) is 0 Å². The molecule has 2 nitrogen and oxygen atoms in total. The van der Waals surface area contributed by atoms with E-state index in [2.05, 4.69) is 17.3 Å². The highest BCUT2D eigenvalue weighted by Gasteiger charge is 2.35. The number of nitrogens with zero attached hydrogens (tertiary/aromatic N) is 1. The Kier molecular flexibility index (Phi) is 3.79. The molecule has 1 heterocycles. The van der Waals surface area contributed by atoms with Gasteiger partial charge in [-0.2, -0.15) is 0 Å². The summed E-state index contributed by atoms with van der Waals surface area (Å²) in [5.74, 6) is 0.220. The number of likely N-dealkylation sites (tertiary alicyclic amines) is 1. The molecule has 0 radical (unpaired) electrons. The predicted molar refractivity (Wildman–Crippen MR) is 75.9 cm³/mol. The van der Waals surface area contributed by atoms with Crippen LogP contribution in [0.2, 0.25) is 5.02 Å². The average molecular weight is 283 g/mol. The van der Waals surface area contributed by atoms with E-state index in [0.29, 0.717) is 12.0 Å². The van der Waals surface area contributed by atoms with E-state index in [1.165, 1.54) is 12.8 Å². The lowest BCUT2D eigenvalue weighted by atomic mass is 9.93. The highest BCUT2D eigenvalue weighted by molar-refractivity contribution is 6.30. The van der Waals surface area contributed by atoms with Crippen LogP contribution in [-0.4, -0.2) is 31.1 Å². The number of hydrogen-bond donors (Lipinski definition) is 1. The van der Waals surface area contributed by atoms with Crippen LogP contribution in [0.25, 0.3) is 0 Å². The van der Waals surface area contributed by atoms with Crippen LogP contribution in [0, 0.1) is 11.7 Å². The van der Waals surface area contributed by atoms with Crippen molar-refractivity contribution in [2.45, 2.75) is 31.3 Å². The summed E-state index contributed by atoms with van der Waals surface area (Å²) in [6.45, 7) is 2.00. The number of benzene rings is 1. The molecule has 1 saturated carbocycles. The van der Waals surface area contributed by atoms with E-state index < -0.39 is 0 Å². The van der Waals surface area contributed by atoms with Crippen LogP contribution in [0.15, 0.2) is 18.2 Å². The quantitative estimate of drug-likeness (QED) is 0.912. The lowest BCUT2D eigenvalue weighted by molar-refractivity contribution is 0.265. The average Bonchev–Trinajstić information content (AvgIpc) is 3.15. The van der Waals surface area contributed by atoms with Crippen LogP contribution in [0.4, 0.5) is 4.39 Å². The first kappa shape index (κ1) is 13.3. The van der Waals surface area contributed by atoms with Crippen LogP contribution in [0.5, 0.6) is 0 Å². The van der Waals surface area contributed by atoms with Gasteiger partial charge in [0.15, 0.2) is 0 Å². The Hall–Kier alpha value is -0.640. The maximum Gasteiger partial charge on any atom is 0.146 e. The fraction of sp³-hybridized carbons (Fsp3) is 0.600. The standard InChI is InChI=1S/C15H20ClFN2/c1-19-8-7-10(9-18-11-5-6-11)15(19)12-3-2-4-13(16)14(12)17/h2-4,10-11,15,18H,5-9H2,1H3. The Balaban J connectivity index is 1.80. The van der Waals surface area contributed by atoms with E-state index in [9.17, 15) is 4.39 Å². The van der Waals surface area contributed by atoms with E-state index in [-0.39, 0.29) is 16.9 Å². The molecular weight excluding hydrogens is 263 g/mol. The van der Waals surface area contributed by atoms with Crippen molar-refractivity contribution < 1.29 is 4.39 Å². The first-order chi connectivity index (χ1) is 9.16. The number of hydrogen-bond acceptors (Lipinski definition) is 2. The van der Waals surface area contributed by atoms with E-state index in [4.69, 9.17) is 11.6 Å². The molecule has 0 bridgehead atoms. The van der Waals surface area contributed by atoms with Gasteiger partial charge in [0.1, 0.15) is 5.82 Å². The Morgan fingerprint density at radius 3 is 2.89 bits per heavy atom. The van der Waals surface area contributed by atoms with Crippen molar-refractivity contribution >= 4 is 11.6 Å². The molecule has 1 aromatic carbocycles. The van der Waals surface area contributed by atoms with Gasteiger partial charge >= 0.3 is 0 Å². The number of halogens is 2. The highest BCUT2D eigenvalue weighted by atomic mass is 35.5. The van der Waals surface area contributed by atoms with Gasteiger partial charge in [-0.1, -0.05) is 23.7 Å². The number of nitrogens with one attached hydrogen (secondary N) is 1. The summed E-state index contributed by atoms with van der Waals surface area (Å²) in [6, 6.07) is 6.18. The predicted octanol–water partition coefficient (Wildman–Crippen LogP) is 3.22. The van der Waals surface area contributed by atoms with Crippen LogP contribution in [0.3, 0.4) is 0 Å². The van der Waals surface area contributed by atoms with Gasteiger partial charge in [-0.05, 0) is 44.8 Å². The molecule has 19 heavy (non-hydrogen) atoms. The highest BCUT2D eigenvalue weighted by Crippen LogP contribution is 2.38. The molecule has 0 amide bonds. The van der Waals surface area contributed by atoms with Gasteiger partial charge in [0.05, 0.1) is 5.02 Å². The molecule has 0 spiro atoms. The fourth-order valence-corrected chi connectivity index (χ4v) is 3.27. The molecule has 2 aliphatic rings. The summed E-state index contributed by atoms with van der Waals surface area (Å²) in [4.78, 5) is 2.24. The van der Waals surface area contributed by atoms with Crippen molar-refractivity contribution in [2.75, 3.05) is 20.1 Å². The summed E-state index contributed by atoms with van der Waals surface area (Å²) in [5, 5.41) is 3.80. The minimum Gasteiger partial charge on any atom is -0.314 e. The van der Waals surface area contributed by atoms with Crippen LogP contribution in [0.1, 0.15) is 30.9 Å². The zero-order valence-electron chi connectivity index (χ0n) is 11.2. The summed E-state index contributed by atoms with van der Waals surface area (Å²) in [6.07, 6.45) is 3.70. The molecular formula is C15H20ClFN2. The van der Waals surface area contributed by atoms with E-state index in [0.717, 1.165) is 25.1 Å². The molecule has 0 aromatic heterocycles. The first-order valence-corrected chi connectivity index (χ1v) is 7.42. The molecule has 1 aliphatic carbocycles. The second kappa shape index (κ2) is 5.39. The molecule has 1 aliphatic heterocycles. The van der Waals surface area contributed by atoms with Gasteiger partial charge in [-0.15, -0.1) is 0 Å². The molecule has 104 valence electrons. The third kappa shape index (κ3) is 2.78. The third-order valence-corrected chi connectivity index (χ3v) is 4.61. The smallest absolute Gasteiger partial charge is 0.146 e. The molecule has 3 rings (SSSR count). The lowest BCUT2D eigenvalue weighted by Gasteiger charge is -2.26. The molecule has 4 heteroatoms. The van der Waals surface area contributed by atoms with Gasteiger partial charge in [0.25, 0.3) is 0 Å². The molecule has 2 atom stereocenters. The largest absolute Gasteiger partial charge is 0.314 e. The van der Waals surface area contributed by atoms with Gasteiger partial charge in [-0.25, -0.2) is 4.39 Å². The first-order valence-electron chi connectivity index (χ1n) is 7.04. The maximum absolute atomic E-state index is 14.2. The molecule has 2 unspecified atom stereocenters. The van der Waals surface area contributed by atoms with Crippen molar-refractivity contribution in [3.8, 4) is 0 Å². The fourth-order valence-electron chi connectivity index (χ4n) is 3.09. The van der Waals surface area contributed by atoms with E-state index in [1.807, 2.05) is 12.1 Å². The lowest BCUT2D eigenvalue weighted by Crippen LogP contribution is -2.30. The topological polar surface area (TPSA) is 15.3 Å². The summed E-state index contributed by atoms with van der Waals surface area (Å²) in [5.41, 5.74) is 0.745. The zero-order valence-corrected chi connectivity index (χ0v) is 12.0. The Morgan fingerprint density at radius 2 is 2.16 bits per heavy atom. The minimum atomic E-state index is -0.251. The maximum atomic E-state index is 14.2. The zero-order chi connectivity index (χ0) is 13.4. The normalized spacial score (nSPS) is 27.9. The second-order valence-corrected chi connectivity index (χ2v) is 6.21. The summed E-state index contributed by atoms with van der Waals surface area (Å²) in [7, 11) is 2.07. The van der Waals surface area contributed by atoms with Crippen LogP contribution >= 0.6 is 11.6 Å². The van der Waals surface area contributed by atoms with Gasteiger partial charge in [0.2, 0.25) is 0 Å². The number of rotatable bonds is 4. The van der Waals surface area contributed by atoms with Gasteiger partial charge < -0.3 is 5.32 Å². The Morgan fingerprint density at radius 1 is 1.37 bits per heavy atom. The van der Waals surface area contributed by atoms with Crippen molar-refractivity contribution in [2.24, 2.45) is 5.92 Å². The van der Waals surface area contributed by atoms with Crippen molar-refractivity contribution in [3.63, 3.8) is 0 Å². The molecule has 2 fully saturated rings. The van der Waals surface area contributed by atoms with Gasteiger partial charge in [-0.3, -0.25) is 4.90 Å². The molecule has 1 N–H and O–H groups in total. The van der Waals surface area contributed by atoms with Gasteiger partial charge in [0, 0.05) is 24.2 Å². The Bertz CT molecular complexity index is 461. The summed E-state index contributed by atoms with van der Waals surface area (Å²) < 4.78 is 14.2. The molecule has 1 aromatic rings. The third-order valence-electron chi connectivity index (χ3n) is 4.32. The molecule has 1 saturated heterocycles. The van der Waals surface area contributed by atoms with Crippen LogP contribution in [-0.2, 0) is 0 Å². The SMILES string of the molecule is CN1CCC(CNC2CC2)C1c1cccc(Cl)c1F. The Labute approximate surface area is 118 Å². The van der Waals surface area contributed by atoms with E-state index >= 15 is 0 Å². The minimum absolute atomic E-state index is 0.143. The summed E-state index contributed by atoms with van der Waals surface area (Å²) >= 11 is 5.92. The van der Waals surface area contributed by atoms with Crippen molar-refractivity contribution in [1.82, 2.24) is 10.2 Å². The van der Waals surface area contributed by atoms with E-state index in [1.54, 1.807) is 6.07 Å². The van der Waals surface area contributed by atoms with Crippen molar-refractivity contribution in [3.05, 3.63) is 34.6 Å². The monoisotopic (exact) mass is 282 g/mol. The second-order valence-electron chi connectivity index (χ2n) is 5.80. The van der Waals surface area contributed by atoms with Crippen LogP contribution < -0.4 is 5.32 Å².